The van der Waals surface area contributed by atoms with Gasteiger partial charge in [0.15, 0.2) is 0 Å². The Hall–Kier alpha value is -0.900. The summed E-state index contributed by atoms with van der Waals surface area (Å²) in [7, 11) is 0. The number of hydrogen-bond donors (Lipinski definition) is 1. The monoisotopic (exact) mass is 274 g/mol. The van der Waals surface area contributed by atoms with Crippen LogP contribution in [0.3, 0.4) is 0 Å². The number of benzene rings is 1. The molecule has 0 saturated carbocycles. The third-order valence-corrected chi connectivity index (χ3v) is 2.78. The summed E-state index contributed by atoms with van der Waals surface area (Å²) in [5.74, 6) is -1.57. The lowest BCUT2D eigenvalue weighted by Gasteiger charge is -2.06. The van der Waals surface area contributed by atoms with Gasteiger partial charge in [-0.1, -0.05) is 28.9 Å². The lowest BCUT2D eigenvalue weighted by atomic mass is 10.0. The third kappa shape index (κ3) is 3.63. The van der Waals surface area contributed by atoms with Gasteiger partial charge in [0.2, 0.25) is 0 Å². The first-order chi connectivity index (χ1) is 7.00. The molecule has 0 saturated heterocycles. The molecule has 1 N–H and O–H groups in total. The van der Waals surface area contributed by atoms with E-state index in [2.05, 4.69) is 15.9 Å². The number of aliphatic carboxylic acids is 1. The Morgan fingerprint density at radius 2 is 2.27 bits per heavy atom. The van der Waals surface area contributed by atoms with Crippen LogP contribution in [-0.4, -0.2) is 11.1 Å². The van der Waals surface area contributed by atoms with Crippen LogP contribution in [0.15, 0.2) is 22.7 Å². The Bertz CT molecular complexity index is 366. The molecule has 15 heavy (non-hydrogen) atoms. The van der Waals surface area contributed by atoms with Crippen molar-refractivity contribution in [1.29, 1.82) is 0 Å². The third-order valence-electron chi connectivity index (χ3n) is 2.28. The molecule has 1 atom stereocenters. The van der Waals surface area contributed by atoms with Crippen molar-refractivity contribution in [2.75, 3.05) is 0 Å². The number of carboxylic acid groups (broad SMARTS) is 1. The fourth-order valence-electron chi connectivity index (χ4n) is 1.22. The van der Waals surface area contributed by atoms with Crippen molar-refractivity contribution in [2.24, 2.45) is 5.92 Å². The molecule has 0 radical (unpaired) electrons. The van der Waals surface area contributed by atoms with Gasteiger partial charge in [-0.2, -0.15) is 0 Å². The fraction of sp³-hybridized carbons (Fsp3) is 0.364. The fourth-order valence-corrected chi connectivity index (χ4v) is 1.55. The summed E-state index contributed by atoms with van der Waals surface area (Å²) in [6.07, 6.45) is 0.903. The van der Waals surface area contributed by atoms with Crippen LogP contribution in [0.5, 0.6) is 0 Å². The molecule has 0 amide bonds. The van der Waals surface area contributed by atoms with E-state index in [1.54, 1.807) is 19.1 Å². The summed E-state index contributed by atoms with van der Waals surface area (Å²) in [5.41, 5.74) is 0.561. The maximum atomic E-state index is 13.3. The largest absolute Gasteiger partial charge is 0.481 e. The molecule has 1 aromatic rings. The lowest BCUT2D eigenvalue weighted by Crippen LogP contribution is -2.10. The van der Waals surface area contributed by atoms with Gasteiger partial charge in [-0.05, 0) is 30.5 Å². The molecule has 1 unspecified atom stereocenters. The average molecular weight is 275 g/mol. The summed E-state index contributed by atoms with van der Waals surface area (Å²) >= 11 is 3.17. The number of carbonyl (C=O) groups is 1. The predicted molar refractivity (Wildman–Crippen MR) is 59.2 cm³/mol. The van der Waals surface area contributed by atoms with Gasteiger partial charge in [0.05, 0.1) is 5.92 Å². The van der Waals surface area contributed by atoms with Crippen molar-refractivity contribution in [3.05, 3.63) is 34.1 Å². The van der Waals surface area contributed by atoms with Crippen molar-refractivity contribution in [3.8, 4) is 0 Å². The Balaban J connectivity index is 2.62. The molecule has 0 fully saturated rings. The van der Waals surface area contributed by atoms with Gasteiger partial charge in [-0.25, -0.2) is 4.39 Å². The highest BCUT2D eigenvalue weighted by molar-refractivity contribution is 9.10. The molecule has 1 rings (SSSR count). The quantitative estimate of drug-likeness (QED) is 0.915. The predicted octanol–water partition coefficient (Wildman–Crippen LogP) is 3.24. The van der Waals surface area contributed by atoms with E-state index in [0.717, 1.165) is 0 Å². The Morgan fingerprint density at radius 3 is 2.80 bits per heavy atom. The van der Waals surface area contributed by atoms with Crippen molar-refractivity contribution >= 4 is 21.9 Å². The molecule has 0 aromatic heterocycles. The maximum absolute atomic E-state index is 13.3. The zero-order valence-electron chi connectivity index (χ0n) is 8.34. The normalized spacial score (nSPS) is 12.5. The topological polar surface area (TPSA) is 37.3 Å². The molecule has 0 bridgehead atoms. The van der Waals surface area contributed by atoms with Crippen molar-refractivity contribution in [2.45, 2.75) is 19.8 Å². The van der Waals surface area contributed by atoms with E-state index in [1.807, 2.05) is 0 Å². The van der Waals surface area contributed by atoms with Crippen LogP contribution in [0.1, 0.15) is 18.9 Å². The number of aryl methyl sites for hydroxylation is 1. The SMILES string of the molecule is CC(CCc1ccc(Br)cc1F)C(=O)O. The molecule has 0 aliphatic rings. The number of hydrogen-bond acceptors (Lipinski definition) is 1. The summed E-state index contributed by atoms with van der Waals surface area (Å²) in [4.78, 5) is 10.6. The van der Waals surface area contributed by atoms with Gasteiger partial charge in [-0.15, -0.1) is 0 Å². The van der Waals surface area contributed by atoms with E-state index in [9.17, 15) is 9.18 Å². The van der Waals surface area contributed by atoms with Crippen molar-refractivity contribution in [1.82, 2.24) is 0 Å². The van der Waals surface area contributed by atoms with Crippen molar-refractivity contribution < 1.29 is 14.3 Å². The molecule has 4 heteroatoms. The highest BCUT2D eigenvalue weighted by atomic mass is 79.9. The molecule has 2 nitrogen and oxygen atoms in total. The van der Waals surface area contributed by atoms with Gasteiger partial charge in [-0.3, -0.25) is 4.79 Å². The smallest absolute Gasteiger partial charge is 0.306 e. The molecule has 0 heterocycles. The minimum atomic E-state index is -0.840. The van der Waals surface area contributed by atoms with Crippen LogP contribution in [0.2, 0.25) is 0 Å². The molecule has 0 spiro atoms. The van der Waals surface area contributed by atoms with E-state index in [-0.39, 0.29) is 5.82 Å². The van der Waals surface area contributed by atoms with Crippen molar-refractivity contribution in [3.63, 3.8) is 0 Å². The van der Waals surface area contributed by atoms with E-state index in [4.69, 9.17) is 5.11 Å². The van der Waals surface area contributed by atoms with Gasteiger partial charge in [0.25, 0.3) is 0 Å². The number of carboxylic acids is 1. The van der Waals surface area contributed by atoms with Gasteiger partial charge in [0, 0.05) is 4.47 Å². The summed E-state index contributed by atoms with van der Waals surface area (Å²) in [6.45, 7) is 1.62. The van der Waals surface area contributed by atoms with E-state index in [0.29, 0.717) is 22.9 Å². The highest BCUT2D eigenvalue weighted by Crippen LogP contribution is 2.18. The molecule has 0 aliphatic carbocycles. The second-order valence-electron chi connectivity index (χ2n) is 3.51. The van der Waals surface area contributed by atoms with Gasteiger partial charge >= 0.3 is 5.97 Å². The number of halogens is 2. The van der Waals surface area contributed by atoms with Crippen LogP contribution in [0.4, 0.5) is 4.39 Å². The average Bonchev–Trinajstić information content (AvgIpc) is 2.15. The van der Waals surface area contributed by atoms with E-state index < -0.39 is 11.9 Å². The Labute approximate surface area is 96.2 Å². The first-order valence-corrected chi connectivity index (χ1v) is 5.46. The summed E-state index contributed by atoms with van der Waals surface area (Å²) in [6, 6.07) is 4.82. The van der Waals surface area contributed by atoms with Gasteiger partial charge < -0.3 is 5.11 Å². The van der Waals surface area contributed by atoms with Crippen LogP contribution >= 0.6 is 15.9 Å². The van der Waals surface area contributed by atoms with E-state index in [1.165, 1.54) is 6.07 Å². The second-order valence-corrected chi connectivity index (χ2v) is 4.43. The first kappa shape index (κ1) is 12.2. The zero-order chi connectivity index (χ0) is 11.4. The van der Waals surface area contributed by atoms with E-state index >= 15 is 0 Å². The Morgan fingerprint density at radius 1 is 1.60 bits per heavy atom. The summed E-state index contributed by atoms with van der Waals surface area (Å²) < 4.78 is 14.0. The molecular weight excluding hydrogens is 263 g/mol. The van der Waals surface area contributed by atoms with Crippen LogP contribution in [-0.2, 0) is 11.2 Å². The zero-order valence-corrected chi connectivity index (χ0v) is 9.92. The standard InChI is InChI=1S/C11H12BrFO2/c1-7(11(14)15)2-3-8-4-5-9(12)6-10(8)13/h4-7H,2-3H2,1H3,(H,14,15). The maximum Gasteiger partial charge on any atom is 0.306 e. The Kier molecular flexibility index (Phi) is 4.27. The minimum absolute atomic E-state index is 0.290. The minimum Gasteiger partial charge on any atom is -0.481 e. The number of rotatable bonds is 4. The van der Waals surface area contributed by atoms with Crippen LogP contribution < -0.4 is 0 Å². The highest BCUT2D eigenvalue weighted by Gasteiger charge is 2.12. The van der Waals surface area contributed by atoms with Crippen LogP contribution in [0, 0.1) is 11.7 Å². The molecule has 1 aromatic carbocycles. The lowest BCUT2D eigenvalue weighted by molar-refractivity contribution is -0.141. The second kappa shape index (κ2) is 5.26. The molecule has 0 aliphatic heterocycles. The van der Waals surface area contributed by atoms with Crippen LogP contribution in [0.25, 0.3) is 0 Å². The van der Waals surface area contributed by atoms with Gasteiger partial charge in [0.1, 0.15) is 5.82 Å². The molecule has 82 valence electrons. The first-order valence-electron chi connectivity index (χ1n) is 4.67. The summed E-state index contributed by atoms with van der Waals surface area (Å²) in [5, 5.41) is 8.67. The molecular formula is C11H12BrFO2.